The third kappa shape index (κ3) is 7.61. The Morgan fingerprint density at radius 1 is 0.690 bits per heavy atom. The second kappa shape index (κ2) is 8.94. The molecule has 0 aliphatic carbocycles. The maximum absolute atomic E-state index is 5.65. The highest BCUT2D eigenvalue weighted by molar-refractivity contribution is 6.83. The average molecular weight is 426 g/mol. The van der Waals surface area contributed by atoms with E-state index in [-0.39, 0.29) is 28.5 Å². The van der Waals surface area contributed by atoms with Crippen LogP contribution in [-0.2, 0) is 27.9 Å². The minimum atomic E-state index is -1.40. The van der Waals surface area contributed by atoms with E-state index < -0.39 is 22.7 Å². The van der Waals surface area contributed by atoms with Crippen LogP contribution in [-0.4, -0.2) is 51.2 Å². The molecule has 2 fully saturated rings. The van der Waals surface area contributed by atoms with Crippen LogP contribution in [0.4, 0.5) is 0 Å². The molecule has 0 saturated carbocycles. The summed E-state index contributed by atoms with van der Waals surface area (Å²) in [6, 6.07) is 0. The molecule has 2 aliphatic rings. The fourth-order valence-corrected chi connectivity index (χ4v) is 2.50. The summed E-state index contributed by atoms with van der Waals surface area (Å²) in [7, 11) is -2.59. The lowest BCUT2D eigenvalue weighted by Gasteiger charge is -2.31. The van der Waals surface area contributed by atoms with Crippen molar-refractivity contribution in [3.05, 3.63) is 0 Å². The first-order valence-corrected chi connectivity index (χ1v) is 13.8. The molecule has 2 aliphatic heterocycles. The average Bonchev–Trinajstić information content (AvgIpc) is 2.75. The number of hydrogen-bond acceptors (Lipinski definition) is 6. The van der Waals surface area contributed by atoms with E-state index in [1.54, 1.807) is 0 Å². The van der Waals surface area contributed by atoms with Gasteiger partial charge in [0.2, 0.25) is 0 Å². The molecule has 0 aromatic carbocycles. The second-order valence-corrected chi connectivity index (χ2v) is 15.6. The Morgan fingerprint density at radius 3 is 1.34 bits per heavy atom. The molecule has 6 nitrogen and oxygen atoms in total. The molecule has 0 spiro atoms. The topological polar surface area (TPSA) is 55.4 Å². The molecule has 0 aromatic rings. The molecule has 2 saturated heterocycles. The van der Waals surface area contributed by atoms with Gasteiger partial charge in [0, 0.05) is 6.10 Å². The molecule has 0 radical (unpaired) electrons. The highest BCUT2D eigenvalue weighted by atomic mass is 28.3. The standard InChI is InChI=1S/C11H21BO3Si.C9H19BO3/c1-10(2)11(3,4)15-12(14-10)13-8-9-16(5,6)7;1-7(2)11-10-12-8(3,4)9(5,6)13-10/h1-7H3;7H,1-6H3. The summed E-state index contributed by atoms with van der Waals surface area (Å²) < 4.78 is 33.3. The molecule has 0 unspecified atom stereocenters. The molecule has 166 valence electrons. The van der Waals surface area contributed by atoms with Gasteiger partial charge in [-0.1, -0.05) is 25.2 Å². The molecular formula is C20H40B2O6Si. The van der Waals surface area contributed by atoms with Gasteiger partial charge in [-0.3, -0.25) is 0 Å². The molecular weight excluding hydrogens is 386 g/mol. The van der Waals surface area contributed by atoms with E-state index in [9.17, 15) is 0 Å². The zero-order valence-electron chi connectivity index (χ0n) is 20.7. The smallest absolute Gasteiger partial charge is 0.462 e. The van der Waals surface area contributed by atoms with Gasteiger partial charge in [0.1, 0.15) is 8.07 Å². The van der Waals surface area contributed by atoms with Gasteiger partial charge < -0.3 is 27.9 Å². The summed E-state index contributed by atoms with van der Waals surface area (Å²) in [5.41, 5.74) is 1.79. The lowest BCUT2D eigenvalue weighted by Crippen LogP contribution is -2.41. The molecule has 0 bridgehead atoms. The van der Waals surface area contributed by atoms with Crippen LogP contribution < -0.4 is 0 Å². The maximum atomic E-state index is 5.65. The Kier molecular flexibility index (Phi) is 8.18. The normalized spacial score (nSPS) is 23.9. The molecule has 0 N–H and O–H groups in total. The molecule has 9 heteroatoms. The predicted octanol–water partition coefficient (Wildman–Crippen LogP) is 4.43. The fourth-order valence-electron chi connectivity index (χ4n) is 2.13. The second-order valence-electron chi connectivity index (χ2n) is 10.9. The molecule has 0 amide bonds. The fraction of sp³-hybridized carbons (Fsp3) is 0.900. The van der Waals surface area contributed by atoms with E-state index in [1.807, 2.05) is 69.2 Å². The van der Waals surface area contributed by atoms with Crippen LogP contribution in [0.25, 0.3) is 0 Å². The van der Waals surface area contributed by atoms with Crippen molar-refractivity contribution < 1.29 is 27.9 Å². The van der Waals surface area contributed by atoms with Gasteiger partial charge in [-0.15, -0.1) is 0 Å². The Morgan fingerprint density at radius 2 is 1.03 bits per heavy atom. The van der Waals surface area contributed by atoms with Crippen LogP contribution in [0.15, 0.2) is 0 Å². The van der Waals surface area contributed by atoms with Gasteiger partial charge in [-0.2, -0.15) is 0 Å². The van der Waals surface area contributed by atoms with Crippen LogP contribution in [0.2, 0.25) is 19.6 Å². The lowest BCUT2D eigenvalue weighted by atomic mass is 9.90. The van der Waals surface area contributed by atoms with Crippen LogP contribution >= 0.6 is 0 Å². The van der Waals surface area contributed by atoms with E-state index in [2.05, 4.69) is 31.3 Å². The number of hydrogen-bond donors (Lipinski definition) is 0. The highest BCUT2D eigenvalue weighted by Gasteiger charge is 2.54. The van der Waals surface area contributed by atoms with Gasteiger partial charge >= 0.3 is 14.6 Å². The Hall–Kier alpha value is -0.493. The van der Waals surface area contributed by atoms with Crippen molar-refractivity contribution in [1.82, 2.24) is 0 Å². The Bertz CT molecular complexity index is 585. The summed E-state index contributed by atoms with van der Waals surface area (Å²) in [6.45, 7) is 26.4. The van der Waals surface area contributed by atoms with E-state index in [0.717, 1.165) is 0 Å². The zero-order chi connectivity index (χ0) is 22.9. The van der Waals surface area contributed by atoms with E-state index in [1.165, 1.54) is 0 Å². The van der Waals surface area contributed by atoms with E-state index in [0.29, 0.717) is 0 Å². The third-order valence-corrected chi connectivity index (χ3v) is 6.28. The SMILES string of the molecule is CC(C)OB1OC(C)(C)C(C)(C)O1.CC1(C)OB(OC#C[Si](C)(C)C)OC1(C)C. The number of rotatable bonds is 3. The summed E-state index contributed by atoms with van der Waals surface area (Å²) in [5, 5.41) is 0. The highest BCUT2D eigenvalue weighted by Crippen LogP contribution is 2.37. The van der Waals surface area contributed by atoms with Crippen LogP contribution in [0.3, 0.4) is 0 Å². The van der Waals surface area contributed by atoms with Crippen LogP contribution in [0, 0.1) is 11.7 Å². The van der Waals surface area contributed by atoms with Gasteiger partial charge in [0.05, 0.1) is 28.5 Å². The minimum Gasteiger partial charge on any atom is -0.462 e. The van der Waals surface area contributed by atoms with E-state index >= 15 is 0 Å². The van der Waals surface area contributed by atoms with Crippen molar-refractivity contribution in [3.8, 4) is 11.7 Å². The summed E-state index contributed by atoms with van der Waals surface area (Å²) in [6.07, 6.45) is 2.82. The molecule has 29 heavy (non-hydrogen) atoms. The van der Waals surface area contributed by atoms with Crippen molar-refractivity contribution in [1.29, 1.82) is 0 Å². The Labute approximate surface area is 180 Å². The molecule has 0 atom stereocenters. The van der Waals surface area contributed by atoms with Crippen LogP contribution in [0.1, 0.15) is 69.2 Å². The first-order valence-electron chi connectivity index (χ1n) is 10.3. The molecule has 2 rings (SSSR count). The van der Waals surface area contributed by atoms with Crippen LogP contribution in [0.5, 0.6) is 0 Å². The van der Waals surface area contributed by atoms with Gasteiger partial charge in [-0.25, -0.2) is 0 Å². The van der Waals surface area contributed by atoms with Gasteiger partial charge in [-0.05, 0) is 69.2 Å². The van der Waals surface area contributed by atoms with Crippen molar-refractivity contribution in [2.45, 2.75) is 117 Å². The van der Waals surface area contributed by atoms with Gasteiger partial charge in [0.25, 0.3) is 0 Å². The van der Waals surface area contributed by atoms with Crippen molar-refractivity contribution >= 4 is 22.7 Å². The molecule has 2 heterocycles. The van der Waals surface area contributed by atoms with Crippen molar-refractivity contribution in [2.75, 3.05) is 0 Å². The summed E-state index contributed by atoms with van der Waals surface area (Å²) in [4.78, 5) is 0. The minimum absolute atomic E-state index is 0.120. The summed E-state index contributed by atoms with van der Waals surface area (Å²) in [5.74, 6) is 0. The van der Waals surface area contributed by atoms with Crippen molar-refractivity contribution in [3.63, 3.8) is 0 Å². The first kappa shape index (κ1) is 26.5. The molecule has 0 aromatic heterocycles. The largest absolute Gasteiger partial charge is 0.722 e. The Balaban J connectivity index is 0.000000296. The summed E-state index contributed by atoms with van der Waals surface area (Å²) >= 11 is 0. The monoisotopic (exact) mass is 426 g/mol. The van der Waals surface area contributed by atoms with Gasteiger partial charge in [0.15, 0.2) is 0 Å². The third-order valence-electron chi connectivity index (χ3n) is 5.43. The first-order chi connectivity index (χ1) is 12.8. The zero-order valence-corrected chi connectivity index (χ0v) is 21.7. The van der Waals surface area contributed by atoms with E-state index in [4.69, 9.17) is 27.9 Å². The van der Waals surface area contributed by atoms with Crippen molar-refractivity contribution in [2.24, 2.45) is 0 Å². The predicted molar refractivity (Wildman–Crippen MR) is 121 cm³/mol. The lowest BCUT2D eigenvalue weighted by molar-refractivity contribution is 0.00578. The quantitative estimate of drug-likeness (QED) is 0.492. The maximum Gasteiger partial charge on any atom is 0.722 e.